The molecule has 2 aromatic rings. The van der Waals surface area contributed by atoms with Gasteiger partial charge in [-0.05, 0) is 30.7 Å². The molecule has 0 bridgehead atoms. The number of urea groups is 1. The normalized spacial score (nSPS) is 11.7. The van der Waals surface area contributed by atoms with Crippen LogP contribution in [-0.4, -0.2) is 34.3 Å². The molecule has 0 aliphatic rings. The van der Waals surface area contributed by atoms with Crippen LogP contribution in [0.4, 0.5) is 10.5 Å². The number of carbonyl (C=O) groups excluding carboxylic acids is 1. The lowest BCUT2D eigenvalue weighted by atomic mass is 10.0. The number of aliphatic hydroxyl groups excluding tert-OH is 1. The zero-order valence-corrected chi connectivity index (χ0v) is 11.6. The summed E-state index contributed by atoms with van der Waals surface area (Å²) < 4.78 is 0. The van der Waals surface area contributed by atoms with E-state index in [1.165, 1.54) is 0 Å². The van der Waals surface area contributed by atoms with Gasteiger partial charge in [-0.1, -0.05) is 6.07 Å². The molecule has 2 heterocycles. The molecular formula is C15H18N4O2. The number of hydrogen-bond donors (Lipinski definition) is 3. The van der Waals surface area contributed by atoms with Crippen LogP contribution in [0, 0.1) is 5.92 Å². The highest BCUT2D eigenvalue weighted by Gasteiger charge is 2.11. The molecule has 0 saturated heterocycles. The van der Waals surface area contributed by atoms with Gasteiger partial charge in [0.15, 0.2) is 0 Å². The molecule has 21 heavy (non-hydrogen) atoms. The number of rotatable bonds is 6. The minimum absolute atomic E-state index is 0.00783. The number of aromatic nitrogens is 2. The molecule has 0 aliphatic heterocycles. The van der Waals surface area contributed by atoms with Crippen LogP contribution in [0.3, 0.4) is 0 Å². The molecule has 0 radical (unpaired) electrons. The van der Waals surface area contributed by atoms with Crippen LogP contribution in [0.1, 0.15) is 5.69 Å². The van der Waals surface area contributed by atoms with Crippen LogP contribution < -0.4 is 10.6 Å². The van der Waals surface area contributed by atoms with Gasteiger partial charge in [0.2, 0.25) is 0 Å². The lowest BCUT2D eigenvalue weighted by Crippen LogP contribution is -2.35. The van der Waals surface area contributed by atoms with E-state index in [-0.39, 0.29) is 18.6 Å². The fourth-order valence-electron chi connectivity index (χ4n) is 1.86. The van der Waals surface area contributed by atoms with Crippen molar-refractivity contribution in [3.63, 3.8) is 0 Å². The molecule has 1 unspecified atom stereocenters. The molecule has 6 nitrogen and oxygen atoms in total. The first-order valence-corrected chi connectivity index (χ1v) is 6.73. The van der Waals surface area contributed by atoms with Gasteiger partial charge in [0, 0.05) is 49.0 Å². The Hall–Kier alpha value is -2.47. The van der Waals surface area contributed by atoms with Crippen LogP contribution in [-0.2, 0) is 6.42 Å². The van der Waals surface area contributed by atoms with Crippen LogP contribution >= 0.6 is 0 Å². The summed E-state index contributed by atoms with van der Waals surface area (Å²) in [4.78, 5) is 19.8. The van der Waals surface area contributed by atoms with Crippen LogP contribution in [0.25, 0.3) is 0 Å². The Balaban J connectivity index is 1.79. The van der Waals surface area contributed by atoms with Gasteiger partial charge in [0.05, 0.1) is 0 Å². The highest BCUT2D eigenvalue weighted by Crippen LogP contribution is 2.06. The zero-order chi connectivity index (χ0) is 14.9. The molecule has 110 valence electrons. The minimum Gasteiger partial charge on any atom is -0.396 e. The molecule has 0 aliphatic carbocycles. The first-order valence-electron chi connectivity index (χ1n) is 6.73. The Labute approximate surface area is 123 Å². The molecule has 2 aromatic heterocycles. The molecule has 2 amide bonds. The topological polar surface area (TPSA) is 87.1 Å². The Morgan fingerprint density at radius 1 is 1.19 bits per heavy atom. The Morgan fingerprint density at radius 3 is 2.67 bits per heavy atom. The van der Waals surface area contributed by atoms with Gasteiger partial charge in [-0.15, -0.1) is 0 Å². The van der Waals surface area contributed by atoms with Crippen molar-refractivity contribution in [2.75, 3.05) is 18.5 Å². The average Bonchev–Trinajstić information content (AvgIpc) is 2.53. The van der Waals surface area contributed by atoms with E-state index >= 15 is 0 Å². The second-order valence-corrected chi connectivity index (χ2v) is 4.64. The number of pyridine rings is 2. The first kappa shape index (κ1) is 14.9. The molecule has 2 rings (SSSR count). The average molecular weight is 286 g/mol. The first-order chi connectivity index (χ1) is 10.3. The van der Waals surface area contributed by atoms with Gasteiger partial charge in [-0.2, -0.15) is 0 Å². The molecule has 3 N–H and O–H groups in total. The Kier molecular flexibility index (Phi) is 5.66. The molecule has 0 aromatic carbocycles. The van der Waals surface area contributed by atoms with E-state index in [4.69, 9.17) is 0 Å². The number of carbonyl (C=O) groups is 1. The van der Waals surface area contributed by atoms with Crippen molar-refractivity contribution >= 4 is 11.7 Å². The molecule has 0 saturated carbocycles. The zero-order valence-electron chi connectivity index (χ0n) is 11.6. The van der Waals surface area contributed by atoms with Crippen molar-refractivity contribution in [1.29, 1.82) is 0 Å². The fraction of sp³-hybridized carbons (Fsp3) is 0.267. The highest BCUT2D eigenvalue weighted by molar-refractivity contribution is 5.89. The lowest BCUT2D eigenvalue weighted by molar-refractivity contribution is 0.217. The Bertz CT molecular complexity index is 548. The monoisotopic (exact) mass is 286 g/mol. The summed E-state index contributed by atoms with van der Waals surface area (Å²) in [6.07, 6.45) is 5.54. The smallest absolute Gasteiger partial charge is 0.319 e. The van der Waals surface area contributed by atoms with Gasteiger partial charge in [-0.3, -0.25) is 9.97 Å². The van der Waals surface area contributed by atoms with E-state index < -0.39 is 0 Å². The molecule has 1 atom stereocenters. The van der Waals surface area contributed by atoms with E-state index in [0.29, 0.717) is 18.7 Å². The summed E-state index contributed by atoms with van der Waals surface area (Å²) in [6.45, 7) is 0.371. The number of amides is 2. The largest absolute Gasteiger partial charge is 0.396 e. The quantitative estimate of drug-likeness (QED) is 0.750. The maximum Gasteiger partial charge on any atom is 0.319 e. The summed E-state index contributed by atoms with van der Waals surface area (Å²) >= 11 is 0. The summed E-state index contributed by atoms with van der Waals surface area (Å²) in [5.74, 6) is -0.0666. The van der Waals surface area contributed by atoms with Gasteiger partial charge in [-0.25, -0.2) is 4.79 Å². The second-order valence-electron chi connectivity index (χ2n) is 4.64. The van der Waals surface area contributed by atoms with E-state index in [9.17, 15) is 9.90 Å². The number of anilines is 1. The van der Waals surface area contributed by atoms with Crippen molar-refractivity contribution < 1.29 is 9.90 Å². The highest BCUT2D eigenvalue weighted by atomic mass is 16.3. The van der Waals surface area contributed by atoms with E-state index in [0.717, 1.165) is 5.69 Å². The van der Waals surface area contributed by atoms with Crippen molar-refractivity contribution in [3.8, 4) is 0 Å². The maximum atomic E-state index is 11.7. The third-order valence-electron chi connectivity index (χ3n) is 2.97. The predicted molar refractivity (Wildman–Crippen MR) is 79.8 cm³/mol. The number of nitrogens with zero attached hydrogens (tertiary/aromatic N) is 2. The number of hydrogen-bond acceptors (Lipinski definition) is 4. The number of aliphatic hydroxyl groups is 1. The van der Waals surface area contributed by atoms with Crippen LogP contribution in [0.5, 0.6) is 0 Å². The van der Waals surface area contributed by atoms with E-state index in [1.807, 2.05) is 18.2 Å². The molecular weight excluding hydrogens is 268 g/mol. The molecule has 6 heteroatoms. The van der Waals surface area contributed by atoms with Crippen molar-refractivity contribution in [2.24, 2.45) is 5.92 Å². The van der Waals surface area contributed by atoms with E-state index in [2.05, 4.69) is 20.6 Å². The van der Waals surface area contributed by atoms with Crippen molar-refractivity contribution in [3.05, 3.63) is 54.6 Å². The summed E-state index contributed by atoms with van der Waals surface area (Å²) in [5.41, 5.74) is 1.57. The van der Waals surface area contributed by atoms with Gasteiger partial charge in [0.25, 0.3) is 0 Å². The Morgan fingerprint density at radius 2 is 2.00 bits per heavy atom. The third kappa shape index (κ3) is 5.19. The fourth-order valence-corrected chi connectivity index (χ4v) is 1.86. The van der Waals surface area contributed by atoms with Crippen molar-refractivity contribution in [1.82, 2.24) is 15.3 Å². The van der Waals surface area contributed by atoms with Crippen LogP contribution in [0.15, 0.2) is 48.9 Å². The molecule has 0 fully saturated rings. The van der Waals surface area contributed by atoms with Gasteiger partial charge in [0.1, 0.15) is 0 Å². The van der Waals surface area contributed by atoms with E-state index in [1.54, 1.807) is 30.7 Å². The summed E-state index contributed by atoms with van der Waals surface area (Å²) in [6, 6.07) is 8.76. The molecule has 0 spiro atoms. The maximum absolute atomic E-state index is 11.7. The summed E-state index contributed by atoms with van der Waals surface area (Å²) in [7, 11) is 0. The standard InChI is InChI=1S/C15H18N4O2/c20-11-12(9-14-3-1-2-6-17-14)10-18-15(21)19-13-4-7-16-8-5-13/h1-8,12,20H,9-11H2,(H2,16,18,19,21). The van der Waals surface area contributed by atoms with Gasteiger partial charge < -0.3 is 15.7 Å². The summed E-state index contributed by atoms with van der Waals surface area (Å²) in [5, 5.41) is 14.8. The lowest BCUT2D eigenvalue weighted by Gasteiger charge is -2.15. The number of nitrogens with one attached hydrogen (secondary N) is 2. The predicted octanol–water partition coefficient (Wildman–Crippen LogP) is 1.45. The van der Waals surface area contributed by atoms with Crippen LogP contribution in [0.2, 0.25) is 0 Å². The van der Waals surface area contributed by atoms with Gasteiger partial charge >= 0.3 is 6.03 Å². The second kappa shape index (κ2) is 7.96. The SMILES string of the molecule is O=C(NCC(CO)Cc1ccccn1)Nc1ccncc1. The minimum atomic E-state index is -0.305. The third-order valence-corrected chi connectivity index (χ3v) is 2.97. The van der Waals surface area contributed by atoms with Crippen molar-refractivity contribution in [2.45, 2.75) is 6.42 Å².